The fourth-order valence-corrected chi connectivity index (χ4v) is 1.94. The summed E-state index contributed by atoms with van der Waals surface area (Å²) in [4.78, 5) is 16.2. The van der Waals surface area contributed by atoms with E-state index in [2.05, 4.69) is 24.9 Å². The summed E-state index contributed by atoms with van der Waals surface area (Å²) in [6, 6.07) is 6.06. The smallest absolute Gasteiger partial charge is 0.313 e. The third-order valence-corrected chi connectivity index (χ3v) is 3.31. The Bertz CT molecular complexity index is 660. The molecule has 4 nitrogen and oxygen atoms in total. The Labute approximate surface area is 119 Å². The van der Waals surface area contributed by atoms with Crippen LogP contribution in [0.4, 0.5) is 0 Å². The highest BCUT2D eigenvalue weighted by atomic mass is 16.5. The first kappa shape index (κ1) is 14.3. The van der Waals surface area contributed by atoms with Gasteiger partial charge in [0.2, 0.25) is 0 Å². The Balaban J connectivity index is 2.40. The average molecular weight is 272 g/mol. The summed E-state index contributed by atoms with van der Waals surface area (Å²) in [5.74, 6) is 1.22. The first-order valence-electron chi connectivity index (χ1n) is 6.86. The topological polar surface area (TPSA) is 44.1 Å². The van der Waals surface area contributed by atoms with Crippen molar-refractivity contribution < 1.29 is 4.74 Å². The molecule has 1 aromatic heterocycles. The lowest BCUT2D eigenvalue weighted by Crippen LogP contribution is -2.20. The molecule has 0 N–H and O–H groups in total. The van der Waals surface area contributed by atoms with Crippen LogP contribution in [-0.4, -0.2) is 9.55 Å². The summed E-state index contributed by atoms with van der Waals surface area (Å²) in [6.07, 6.45) is 3.24. The van der Waals surface area contributed by atoms with Crippen molar-refractivity contribution in [2.24, 2.45) is 0 Å². The number of aryl methyl sites for hydroxylation is 2. The number of benzene rings is 1. The molecule has 106 valence electrons. The van der Waals surface area contributed by atoms with Crippen molar-refractivity contribution in [1.29, 1.82) is 0 Å². The van der Waals surface area contributed by atoms with E-state index in [9.17, 15) is 4.79 Å². The lowest BCUT2D eigenvalue weighted by Gasteiger charge is -2.12. The molecule has 1 heterocycles. The van der Waals surface area contributed by atoms with E-state index in [1.54, 1.807) is 17.0 Å². The molecule has 2 rings (SSSR count). The maximum atomic E-state index is 12.1. The monoisotopic (exact) mass is 272 g/mol. The van der Waals surface area contributed by atoms with Gasteiger partial charge in [0.05, 0.1) is 0 Å². The molecule has 1 aromatic carbocycles. The molecule has 0 saturated heterocycles. The number of hydrogen-bond donors (Lipinski definition) is 0. The molecule has 0 unspecified atom stereocenters. The van der Waals surface area contributed by atoms with Gasteiger partial charge in [-0.3, -0.25) is 4.79 Å². The van der Waals surface area contributed by atoms with Gasteiger partial charge in [-0.1, -0.05) is 26.0 Å². The van der Waals surface area contributed by atoms with Crippen LogP contribution in [0.3, 0.4) is 0 Å². The van der Waals surface area contributed by atoms with Gasteiger partial charge in [-0.2, -0.15) is 0 Å². The summed E-state index contributed by atoms with van der Waals surface area (Å²) >= 11 is 0. The maximum absolute atomic E-state index is 12.1. The molecule has 0 radical (unpaired) electrons. The van der Waals surface area contributed by atoms with Crippen molar-refractivity contribution in [3.8, 4) is 11.6 Å². The minimum absolute atomic E-state index is 0.123. The van der Waals surface area contributed by atoms with Crippen molar-refractivity contribution in [3.63, 3.8) is 0 Å². The first-order valence-corrected chi connectivity index (χ1v) is 6.86. The highest BCUT2D eigenvalue weighted by molar-refractivity contribution is 5.39. The van der Waals surface area contributed by atoms with E-state index >= 15 is 0 Å². The molecule has 0 bridgehead atoms. The third-order valence-electron chi connectivity index (χ3n) is 3.31. The van der Waals surface area contributed by atoms with Crippen molar-refractivity contribution >= 4 is 0 Å². The highest BCUT2D eigenvalue weighted by Gasteiger charge is 2.10. The zero-order valence-corrected chi connectivity index (χ0v) is 12.4. The summed E-state index contributed by atoms with van der Waals surface area (Å²) < 4.78 is 7.30. The van der Waals surface area contributed by atoms with E-state index in [1.807, 2.05) is 26.0 Å². The zero-order valence-electron chi connectivity index (χ0n) is 12.4. The molecule has 2 aromatic rings. The van der Waals surface area contributed by atoms with Crippen LogP contribution in [0.15, 0.2) is 35.4 Å². The molecular formula is C16H20N2O2. The van der Waals surface area contributed by atoms with Crippen LogP contribution in [0.2, 0.25) is 0 Å². The number of hydrogen-bond acceptors (Lipinski definition) is 3. The number of nitrogens with zero attached hydrogens (tertiary/aromatic N) is 2. The Hall–Kier alpha value is -2.10. The average Bonchev–Trinajstić information content (AvgIpc) is 2.43. The second-order valence-corrected chi connectivity index (χ2v) is 5.11. The molecule has 0 aliphatic carbocycles. The van der Waals surface area contributed by atoms with Gasteiger partial charge in [0.15, 0.2) is 0 Å². The molecule has 0 atom stereocenters. The molecule has 0 aliphatic rings. The maximum Gasteiger partial charge on any atom is 0.313 e. The normalized spacial score (nSPS) is 10.8. The van der Waals surface area contributed by atoms with Crippen LogP contribution in [0.25, 0.3) is 0 Å². The number of aromatic nitrogens is 2. The Morgan fingerprint density at radius 3 is 2.75 bits per heavy atom. The van der Waals surface area contributed by atoms with Gasteiger partial charge in [0, 0.05) is 18.9 Å². The van der Waals surface area contributed by atoms with Gasteiger partial charge in [0.25, 0.3) is 5.88 Å². The molecule has 0 aliphatic heterocycles. The van der Waals surface area contributed by atoms with Crippen LogP contribution >= 0.6 is 0 Å². The van der Waals surface area contributed by atoms with Crippen molar-refractivity contribution in [1.82, 2.24) is 9.55 Å². The van der Waals surface area contributed by atoms with E-state index in [0.29, 0.717) is 18.2 Å². The molecule has 0 amide bonds. The first-order chi connectivity index (χ1) is 9.52. The predicted molar refractivity (Wildman–Crippen MR) is 79.5 cm³/mol. The van der Waals surface area contributed by atoms with Crippen LogP contribution in [0.5, 0.6) is 11.6 Å². The lowest BCUT2D eigenvalue weighted by molar-refractivity contribution is 0.441. The second kappa shape index (κ2) is 5.90. The summed E-state index contributed by atoms with van der Waals surface area (Å²) in [5.41, 5.74) is 1.96. The quantitative estimate of drug-likeness (QED) is 0.855. The van der Waals surface area contributed by atoms with E-state index in [4.69, 9.17) is 4.74 Å². The molecule has 0 fully saturated rings. The standard InChI is InChI=1S/C16H20N2O2/c1-5-18-9-8-17-15(16(18)19)20-14-10-13(11(2)3)7-6-12(14)4/h6-11H,5H2,1-4H3. The van der Waals surface area contributed by atoms with Crippen LogP contribution in [0, 0.1) is 6.92 Å². The van der Waals surface area contributed by atoms with Gasteiger partial charge >= 0.3 is 5.56 Å². The molecule has 20 heavy (non-hydrogen) atoms. The van der Waals surface area contributed by atoms with Crippen molar-refractivity contribution in [2.45, 2.75) is 40.2 Å². The number of ether oxygens (including phenoxy) is 1. The van der Waals surface area contributed by atoms with Gasteiger partial charge in [-0.25, -0.2) is 4.98 Å². The Morgan fingerprint density at radius 2 is 2.10 bits per heavy atom. The molecule has 0 spiro atoms. The van der Waals surface area contributed by atoms with Crippen LogP contribution in [0.1, 0.15) is 37.8 Å². The van der Waals surface area contributed by atoms with E-state index in [1.165, 1.54) is 5.56 Å². The fourth-order valence-electron chi connectivity index (χ4n) is 1.94. The minimum atomic E-state index is -0.204. The van der Waals surface area contributed by atoms with E-state index in [-0.39, 0.29) is 11.4 Å². The van der Waals surface area contributed by atoms with Gasteiger partial charge in [-0.15, -0.1) is 0 Å². The van der Waals surface area contributed by atoms with E-state index in [0.717, 1.165) is 5.56 Å². The number of rotatable bonds is 4. The van der Waals surface area contributed by atoms with Crippen LogP contribution in [-0.2, 0) is 6.54 Å². The highest BCUT2D eigenvalue weighted by Crippen LogP contribution is 2.26. The molecular weight excluding hydrogens is 252 g/mol. The largest absolute Gasteiger partial charge is 0.434 e. The predicted octanol–water partition coefficient (Wildman–Crippen LogP) is 3.49. The Morgan fingerprint density at radius 1 is 1.35 bits per heavy atom. The van der Waals surface area contributed by atoms with Gasteiger partial charge in [-0.05, 0) is 37.0 Å². The zero-order chi connectivity index (χ0) is 14.7. The second-order valence-electron chi connectivity index (χ2n) is 5.11. The summed E-state index contributed by atoms with van der Waals surface area (Å²) in [7, 11) is 0. The summed E-state index contributed by atoms with van der Waals surface area (Å²) in [6.45, 7) is 8.72. The van der Waals surface area contributed by atoms with Crippen LogP contribution < -0.4 is 10.3 Å². The SMILES string of the molecule is CCn1ccnc(Oc2cc(C(C)C)ccc2C)c1=O. The van der Waals surface area contributed by atoms with Gasteiger partial charge < -0.3 is 9.30 Å². The molecule has 0 saturated carbocycles. The van der Waals surface area contributed by atoms with Crippen molar-refractivity contribution in [3.05, 3.63) is 52.1 Å². The molecule has 4 heteroatoms. The van der Waals surface area contributed by atoms with Crippen molar-refractivity contribution in [2.75, 3.05) is 0 Å². The summed E-state index contributed by atoms with van der Waals surface area (Å²) in [5, 5.41) is 0. The van der Waals surface area contributed by atoms with E-state index < -0.39 is 0 Å². The fraction of sp³-hybridized carbons (Fsp3) is 0.375. The Kier molecular flexibility index (Phi) is 4.23. The lowest BCUT2D eigenvalue weighted by atomic mass is 10.0. The third kappa shape index (κ3) is 2.90. The van der Waals surface area contributed by atoms with Gasteiger partial charge in [0.1, 0.15) is 5.75 Å². The minimum Gasteiger partial charge on any atom is -0.434 e.